The maximum absolute atomic E-state index is 14.9. The molecular formula is C21H23FN6O3. The summed E-state index contributed by atoms with van der Waals surface area (Å²) in [6, 6.07) is 0.670. The number of nitrogens with two attached hydrogens (primary N) is 1. The van der Waals surface area contributed by atoms with Gasteiger partial charge >= 0.3 is 11.8 Å². The van der Waals surface area contributed by atoms with Gasteiger partial charge in [0, 0.05) is 18.3 Å². The predicted molar refractivity (Wildman–Crippen MR) is 112 cm³/mol. The van der Waals surface area contributed by atoms with Crippen LogP contribution in [0.2, 0.25) is 0 Å². The molecule has 1 atom stereocenters. The third-order valence-corrected chi connectivity index (χ3v) is 5.09. The van der Waals surface area contributed by atoms with Crippen LogP contribution in [-0.4, -0.2) is 50.4 Å². The zero-order chi connectivity index (χ0) is 22.5. The van der Waals surface area contributed by atoms with E-state index in [1.165, 1.54) is 29.4 Å². The zero-order valence-corrected chi connectivity index (χ0v) is 17.0. The molecule has 1 fully saturated rings. The normalized spacial score (nSPS) is 16.6. The van der Waals surface area contributed by atoms with E-state index < -0.39 is 29.6 Å². The van der Waals surface area contributed by atoms with Crippen LogP contribution in [0.4, 0.5) is 10.1 Å². The number of carbonyl (C=O) groups is 3. The van der Waals surface area contributed by atoms with Crippen LogP contribution in [0.3, 0.4) is 0 Å². The van der Waals surface area contributed by atoms with E-state index in [2.05, 4.69) is 27.1 Å². The highest BCUT2D eigenvalue weighted by Crippen LogP contribution is 2.28. The second kappa shape index (κ2) is 9.33. The number of aromatic nitrogens is 3. The second-order valence-corrected chi connectivity index (χ2v) is 7.27. The van der Waals surface area contributed by atoms with E-state index in [0.29, 0.717) is 25.1 Å². The number of amides is 3. The maximum Gasteiger partial charge on any atom is 0.313 e. The molecule has 0 aromatic carbocycles. The molecule has 1 aliphatic heterocycles. The van der Waals surface area contributed by atoms with Crippen LogP contribution in [0.25, 0.3) is 6.08 Å². The standard InChI is InChI=1S/C21H23FN6O3/c1-12-9-25-27-17(12)8-16(22)13(2)18-5-3-4-6-28(18)21(31)20(30)26-15-7-14(19(23)29)10-24-11-15/h7-11,18H,2-6H2,1H3,(H2,23,29)(H,25,27)(H,26,30)/b16-8+/t18-/m0/s1. The van der Waals surface area contributed by atoms with Crippen molar-refractivity contribution in [3.63, 3.8) is 0 Å². The number of aryl methyl sites for hydroxylation is 1. The Hall–Kier alpha value is -3.82. The van der Waals surface area contributed by atoms with Gasteiger partial charge < -0.3 is 16.0 Å². The highest BCUT2D eigenvalue weighted by Gasteiger charge is 2.33. The Bertz CT molecular complexity index is 1060. The Morgan fingerprint density at radius 2 is 2.10 bits per heavy atom. The van der Waals surface area contributed by atoms with Gasteiger partial charge in [0.05, 0.1) is 35.4 Å². The van der Waals surface area contributed by atoms with Crippen LogP contribution in [0.1, 0.15) is 40.9 Å². The van der Waals surface area contributed by atoms with E-state index in [4.69, 9.17) is 5.73 Å². The van der Waals surface area contributed by atoms with Gasteiger partial charge in [-0.05, 0) is 43.9 Å². The van der Waals surface area contributed by atoms with E-state index in [1.54, 1.807) is 13.1 Å². The van der Waals surface area contributed by atoms with E-state index in [-0.39, 0.29) is 16.8 Å². The minimum absolute atomic E-state index is 0.0933. The Balaban J connectivity index is 1.75. The summed E-state index contributed by atoms with van der Waals surface area (Å²) in [4.78, 5) is 41.8. The van der Waals surface area contributed by atoms with Crippen LogP contribution in [0.5, 0.6) is 0 Å². The van der Waals surface area contributed by atoms with Crippen LogP contribution >= 0.6 is 0 Å². The van der Waals surface area contributed by atoms with Gasteiger partial charge in [0.25, 0.3) is 0 Å². The minimum Gasteiger partial charge on any atom is -0.366 e. The number of pyridine rings is 1. The highest BCUT2D eigenvalue weighted by molar-refractivity contribution is 6.39. The number of hydrogen-bond donors (Lipinski definition) is 3. The summed E-state index contributed by atoms with van der Waals surface area (Å²) < 4.78 is 14.9. The topological polar surface area (TPSA) is 134 Å². The van der Waals surface area contributed by atoms with E-state index in [1.807, 2.05) is 0 Å². The van der Waals surface area contributed by atoms with Gasteiger partial charge in [-0.1, -0.05) is 6.58 Å². The summed E-state index contributed by atoms with van der Waals surface area (Å²) in [6.45, 7) is 5.91. The molecule has 3 heterocycles. The molecule has 0 saturated carbocycles. The first kappa shape index (κ1) is 21.9. The lowest BCUT2D eigenvalue weighted by Crippen LogP contribution is -2.49. The van der Waals surface area contributed by atoms with E-state index in [9.17, 15) is 18.8 Å². The van der Waals surface area contributed by atoms with Crippen molar-refractivity contribution in [3.8, 4) is 0 Å². The fourth-order valence-corrected chi connectivity index (χ4v) is 3.38. The average molecular weight is 426 g/mol. The second-order valence-electron chi connectivity index (χ2n) is 7.27. The third-order valence-electron chi connectivity index (χ3n) is 5.09. The van der Waals surface area contributed by atoms with Crippen molar-refractivity contribution in [3.05, 3.63) is 59.5 Å². The van der Waals surface area contributed by atoms with Gasteiger partial charge in [-0.25, -0.2) is 4.39 Å². The highest BCUT2D eigenvalue weighted by atomic mass is 19.1. The summed E-state index contributed by atoms with van der Waals surface area (Å²) in [5, 5.41) is 8.96. The lowest BCUT2D eigenvalue weighted by atomic mass is 9.94. The first-order valence-corrected chi connectivity index (χ1v) is 9.71. The smallest absolute Gasteiger partial charge is 0.313 e. The molecule has 3 amide bonds. The molecule has 1 aliphatic rings. The lowest BCUT2D eigenvalue weighted by Gasteiger charge is -2.36. The molecule has 2 aromatic heterocycles. The van der Waals surface area contributed by atoms with Crippen LogP contribution < -0.4 is 11.1 Å². The number of nitrogens with one attached hydrogen (secondary N) is 2. The van der Waals surface area contributed by atoms with Gasteiger partial charge in [0.15, 0.2) is 0 Å². The van der Waals surface area contributed by atoms with Crippen molar-refractivity contribution in [2.24, 2.45) is 5.73 Å². The molecule has 0 radical (unpaired) electrons. The van der Waals surface area contributed by atoms with Gasteiger partial charge in [-0.15, -0.1) is 0 Å². The molecule has 1 saturated heterocycles. The van der Waals surface area contributed by atoms with Crippen molar-refractivity contribution in [1.82, 2.24) is 20.1 Å². The Labute approximate surface area is 178 Å². The number of primary amides is 1. The summed E-state index contributed by atoms with van der Waals surface area (Å²) >= 11 is 0. The summed E-state index contributed by atoms with van der Waals surface area (Å²) in [5.74, 6) is -3.04. The molecule has 31 heavy (non-hydrogen) atoms. The molecule has 3 rings (SSSR count). The number of piperidine rings is 1. The van der Waals surface area contributed by atoms with Crippen molar-refractivity contribution in [2.45, 2.75) is 32.2 Å². The molecule has 0 spiro atoms. The molecule has 2 aromatic rings. The summed E-state index contributed by atoms with van der Waals surface area (Å²) in [6.07, 6.45) is 7.34. The van der Waals surface area contributed by atoms with Crippen molar-refractivity contribution in [1.29, 1.82) is 0 Å². The molecule has 162 valence electrons. The minimum atomic E-state index is -0.920. The molecule has 0 bridgehead atoms. The van der Waals surface area contributed by atoms with Crippen LogP contribution in [-0.2, 0) is 9.59 Å². The van der Waals surface area contributed by atoms with Gasteiger partial charge in [0.1, 0.15) is 5.83 Å². The largest absolute Gasteiger partial charge is 0.366 e. The summed E-state index contributed by atoms with van der Waals surface area (Å²) in [7, 11) is 0. The van der Waals surface area contributed by atoms with E-state index >= 15 is 0 Å². The monoisotopic (exact) mass is 426 g/mol. The van der Waals surface area contributed by atoms with Crippen molar-refractivity contribution in [2.75, 3.05) is 11.9 Å². The molecule has 0 unspecified atom stereocenters. The van der Waals surface area contributed by atoms with E-state index in [0.717, 1.165) is 12.0 Å². The number of likely N-dealkylation sites (tertiary alicyclic amines) is 1. The molecular weight excluding hydrogens is 403 g/mol. The lowest BCUT2D eigenvalue weighted by molar-refractivity contribution is -0.145. The van der Waals surface area contributed by atoms with Crippen LogP contribution in [0, 0.1) is 6.92 Å². The number of carbonyl (C=O) groups excluding carboxylic acids is 3. The Morgan fingerprint density at radius 3 is 2.77 bits per heavy atom. The first-order chi connectivity index (χ1) is 14.8. The average Bonchev–Trinajstić information content (AvgIpc) is 3.17. The first-order valence-electron chi connectivity index (χ1n) is 9.71. The molecule has 4 N–H and O–H groups in total. The van der Waals surface area contributed by atoms with Crippen LogP contribution in [0.15, 0.2) is 42.6 Å². The predicted octanol–water partition coefficient (Wildman–Crippen LogP) is 2.10. The number of nitrogens with zero attached hydrogens (tertiary/aromatic N) is 3. The maximum atomic E-state index is 14.9. The van der Waals surface area contributed by atoms with Gasteiger partial charge in [-0.3, -0.25) is 24.5 Å². The number of rotatable bonds is 5. The molecule has 9 nitrogen and oxygen atoms in total. The number of aromatic amines is 1. The number of hydrogen-bond acceptors (Lipinski definition) is 5. The Morgan fingerprint density at radius 1 is 1.32 bits per heavy atom. The van der Waals surface area contributed by atoms with Gasteiger partial charge in [0.2, 0.25) is 5.91 Å². The fraction of sp³-hybridized carbons (Fsp3) is 0.286. The SMILES string of the molecule is C=C(/C(F)=C\c1[nH]ncc1C)[C@@H]1CCCCN1C(=O)C(=O)Nc1cncc(C(N)=O)c1. The fourth-order valence-electron chi connectivity index (χ4n) is 3.38. The molecule has 10 heteroatoms. The van der Waals surface area contributed by atoms with Crippen molar-refractivity contribution >= 4 is 29.5 Å². The quantitative estimate of drug-likeness (QED) is 0.497. The number of anilines is 1. The number of H-pyrrole nitrogens is 1. The Kier molecular flexibility index (Phi) is 6.58. The van der Waals surface area contributed by atoms with Crippen molar-refractivity contribution < 1.29 is 18.8 Å². The number of halogens is 1. The zero-order valence-electron chi connectivity index (χ0n) is 17.0. The molecule has 0 aliphatic carbocycles. The van der Waals surface area contributed by atoms with Gasteiger partial charge in [-0.2, -0.15) is 5.10 Å². The third kappa shape index (κ3) is 5.03. The summed E-state index contributed by atoms with van der Waals surface area (Å²) in [5.41, 5.74) is 6.85.